The zero-order chi connectivity index (χ0) is 19.4. The number of nitrogens with one attached hydrogen (secondary N) is 1. The summed E-state index contributed by atoms with van der Waals surface area (Å²) in [4.78, 5) is 15.8. The number of hydrogen-bond acceptors (Lipinski definition) is 2. The Morgan fingerprint density at radius 1 is 1.11 bits per heavy atom. The predicted octanol–water partition coefficient (Wildman–Crippen LogP) is 3.93. The van der Waals surface area contributed by atoms with Crippen molar-refractivity contribution in [3.8, 4) is 17.1 Å². The van der Waals surface area contributed by atoms with Gasteiger partial charge in [-0.2, -0.15) is 13.2 Å². The van der Waals surface area contributed by atoms with Gasteiger partial charge in [0.25, 0.3) is 0 Å². The maximum atomic E-state index is 12.7. The van der Waals surface area contributed by atoms with E-state index in [4.69, 9.17) is 0 Å². The number of carbonyl (C=O) groups is 1. The van der Waals surface area contributed by atoms with Gasteiger partial charge in [-0.1, -0.05) is 30.3 Å². The Bertz CT molecular complexity index is 930. The average Bonchev–Trinajstić information content (AvgIpc) is 3.11. The Labute approximate surface area is 154 Å². The first-order chi connectivity index (χ1) is 12.9. The number of imidazole rings is 1. The minimum absolute atomic E-state index is 0.0763. The Morgan fingerprint density at radius 3 is 2.52 bits per heavy atom. The summed E-state index contributed by atoms with van der Waals surface area (Å²) in [5.41, 5.74) is 2.47. The Morgan fingerprint density at radius 2 is 1.85 bits per heavy atom. The second kappa shape index (κ2) is 7.65. The molecule has 0 radical (unpaired) electrons. The summed E-state index contributed by atoms with van der Waals surface area (Å²) in [5.74, 6) is 0.477. The van der Waals surface area contributed by atoms with Gasteiger partial charge >= 0.3 is 6.18 Å². The van der Waals surface area contributed by atoms with Crippen LogP contribution in [0, 0.1) is 0 Å². The van der Waals surface area contributed by atoms with Crippen molar-refractivity contribution < 1.29 is 18.0 Å². The van der Waals surface area contributed by atoms with E-state index in [1.165, 1.54) is 12.1 Å². The quantitative estimate of drug-likeness (QED) is 0.737. The van der Waals surface area contributed by atoms with Gasteiger partial charge in [0.2, 0.25) is 5.91 Å². The number of amides is 1. The normalized spacial score (nSPS) is 11.4. The summed E-state index contributed by atoms with van der Waals surface area (Å²) in [6.45, 7) is 0. The van der Waals surface area contributed by atoms with Gasteiger partial charge < -0.3 is 5.32 Å². The van der Waals surface area contributed by atoms with Crippen LogP contribution in [0.5, 0.6) is 0 Å². The van der Waals surface area contributed by atoms with E-state index in [1.807, 2.05) is 24.3 Å². The lowest BCUT2D eigenvalue weighted by Gasteiger charge is -2.11. The molecule has 3 aromatic rings. The molecule has 3 rings (SSSR count). The number of alkyl halides is 3. The summed E-state index contributed by atoms with van der Waals surface area (Å²) in [6.07, 6.45) is -1.60. The van der Waals surface area contributed by atoms with Crippen molar-refractivity contribution in [1.82, 2.24) is 14.9 Å². The molecule has 1 heterocycles. The number of aromatic nitrogens is 2. The highest BCUT2D eigenvalue weighted by atomic mass is 19.4. The van der Waals surface area contributed by atoms with Gasteiger partial charge in [-0.05, 0) is 29.3 Å². The third-order valence-corrected chi connectivity index (χ3v) is 4.09. The minimum Gasteiger partial charge on any atom is -0.359 e. The van der Waals surface area contributed by atoms with Crippen molar-refractivity contribution in [3.63, 3.8) is 0 Å². The number of halogens is 3. The van der Waals surface area contributed by atoms with Crippen LogP contribution in [0.1, 0.15) is 11.1 Å². The predicted molar refractivity (Wildman–Crippen MR) is 96.5 cm³/mol. The largest absolute Gasteiger partial charge is 0.393 e. The molecule has 0 unspecified atom stereocenters. The second-order valence-corrected chi connectivity index (χ2v) is 6.13. The Hall–Kier alpha value is -3.09. The van der Waals surface area contributed by atoms with Crippen molar-refractivity contribution in [1.29, 1.82) is 0 Å². The maximum Gasteiger partial charge on any atom is 0.393 e. The first kappa shape index (κ1) is 18.7. The molecule has 7 heteroatoms. The van der Waals surface area contributed by atoms with Crippen LogP contribution in [-0.4, -0.2) is 28.7 Å². The highest BCUT2D eigenvalue weighted by Crippen LogP contribution is 2.26. The van der Waals surface area contributed by atoms with Gasteiger partial charge in [0.1, 0.15) is 5.82 Å². The fraction of sp³-hybridized carbons (Fsp3) is 0.200. The monoisotopic (exact) mass is 373 g/mol. The van der Waals surface area contributed by atoms with E-state index in [1.54, 1.807) is 36.1 Å². The number of nitrogens with zero attached hydrogens (tertiary/aromatic N) is 2. The van der Waals surface area contributed by atoms with Crippen molar-refractivity contribution in [2.75, 3.05) is 7.05 Å². The summed E-state index contributed by atoms with van der Waals surface area (Å²) < 4.78 is 39.8. The van der Waals surface area contributed by atoms with E-state index >= 15 is 0 Å². The van der Waals surface area contributed by atoms with E-state index in [9.17, 15) is 18.0 Å². The lowest BCUT2D eigenvalue weighted by atomic mass is 10.1. The molecule has 0 spiro atoms. The van der Waals surface area contributed by atoms with Crippen LogP contribution in [0.15, 0.2) is 60.9 Å². The lowest BCUT2D eigenvalue weighted by Crippen LogP contribution is -2.19. The molecule has 0 saturated heterocycles. The van der Waals surface area contributed by atoms with Crippen molar-refractivity contribution in [2.45, 2.75) is 19.0 Å². The van der Waals surface area contributed by atoms with Crippen LogP contribution in [0.25, 0.3) is 17.1 Å². The molecular weight excluding hydrogens is 355 g/mol. The van der Waals surface area contributed by atoms with Crippen molar-refractivity contribution in [2.24, 2.45) is 0 Å². The van der Waals surface area contributed by atoms with Crippen LogP contribution in [0.3, 0.4) is 0 Å². The van der Waals surface area contributed by atoms with Gasteiger partial charge in [0.05, 0.1) is 12.8 Å². The molecule has 1 aromatic heterocycles. The fourth-order valence-electron chi connectivity index (χ4n) is 2.83. The van der Waals surface area contributed by atoms with Crippen LogP contribution in [-0.2, 0) is 17.6 Å². The molecule has 0 aliphatic carbocycles. The van der Waals surface area contributed by atoms with E-state index in [0.717, 1.165) is 11.3 Å². The zero-order valence-electron chi connectivity index (χ0n) is 14.6. The molecule has 0 atom stereocenters. The first-order valence-corrected chi connectivity index (χ1v) is 8.35. The van der Waals surface area contributed by atoms with Crippen molar-refractivity contribution >= 4 is 5.91 Å². The van der Waals surface area contributed by atoms with E-state index in [-0.39, 0.29) is 17.9 Å². The third kappa shape index (κ3) is 4.75. The number of hydrogen-bond donors (Lipinski definition) is 1. The van der Waals surface area contributed by atoms with Crippen LogP contribution in [0.2, 0.25) is 0 Å². The molecule has 0 aliphatic rings. The molecule has 2 aromatic carbocycles. The Kier molecular flexibility index (Phi) is 5.30. The standard InChI is InChI=1S/C20H18F3N3O/c1-24-18(27)12-14-5-7-17(8-6-14)26-10-9-25-19(26)16-4-2-3-15(11-16)13-20(21,22)23/h2-11H,12-13H2,1H3,(H,24,27). The highest BCUT2D eigenvalue weighted by Gasteiger charge is 2.27. The summed E-state index contributed by atoms with van der Waals surface area (Å²) >= 11 is 0. The molecule has 0 fully saturated rings. The molecule has 27 heavy (non-hydrogen) atoms. The average molecular weight is 373 g/mol. The number of rotatable bonds is 5. The van der Waals surface area contributed by atoms with E-state index < -0.39 is 12.6 Å². The molecule has 1 N–H and O–H groups in total. The zero-order valence-corrected chi connectivity index (χ0v) is 14.6. The van der Waals surface area contributed by atoms with Gasteiger partial charge in [0.15, 0.2) is 0 Å². The van der Waals surface area contributed by atoms with E-state index in [2.05, 4.69) is 10.3 Å². The maximum absolute atomic E-state index is 12.7. The highest BCUT2D eigenvalue weighted by molar-refractivity contribution is 5.78. The number of likely N-dealkylation sites (N-methyl/N-ethyl adjacent to an activating group) is 1. The number of carbonyl (C=O) groups excluding carboxylic acids is 1. The smallest absolute Gasteiger partial charge is 0.359 e. The van der Waals surface area contributed by atoms with E-state index in [0.29, 0.717) is 11.4 Å². The first-order valence-electron chi connectivity index (χ1n) is 8.35. The third-order valence-electron chi connectivity index (χ3n) is 4.09. The molecule has 0 saturated carbocycles. The minimum atomic E-state index is -4.26. The molecule has 0 bridgehead atoms. The van der Waals surface area contributed by atoms with Crippen molar-refractivity contribution in [3.05, 3.63) is 72.1 Å². The summed E-state index contributed by atoms with van der Waals surface area (Å²) in [6, 6.07) is 13.7. The second-order valence-electron chi connectivity index (χ2n) is 6.13. The fourth-order valence-corrected chi connectivity index (χ4v) is 2.83. The van der Waals surface area contributed by atoms with Gasteiger partial charge in [0, 0.05) is 30.7 Å². The SMILES string of the molecule is CNC(=O)Cc1ccc(-n2ccnc2-c2cccc(CC(F)(F)F)c2)cc1. The van der Waals surface area contributed by atoms with Crippen LogP contribution < -0.4 is 5.32 Å². The van der Waals surface area contributed by atoms with Gasteiger partial charge in [-0.15, -0.1) is 0 Å². The van der Waals surface area contributed by atoms with Crippen LogP contribution >= 0.6 is 0 Å². The number of benzene rings is 2. The topological polar surface area (TPSA) is 46.9 Å². The summed E-state index contributed by atoms with van der Waals surface area (Å²) in [7, 11) is 1.58. The summed E-state index contributed by atoms with van der Waals surface area (Å²) in [5, 5.41) is 2.57. The molecule has 140 valence electrons. The lowest BCUT2D eigenvalue weighted by molar-refractivity contribution is -0.127. The molecule has 0 aliphatic heterocycles. The van der Waals surface area contributed by atoms with Gasteiger partial charge in [-0.3, -0.25) is 9.36 Å². The Balaban J connectivity index is 1.88. The van der Waals surface area contributed by atoms with Crippen LogP contribution in [0.4, 0.5) is 13.2 Å². The molecule has 4 nitrogen and oxygen atoms in total. The molecule has 1 amide bonds. The van der Waals surface area contributed by atoms with Gasteiger partial charge in [-0.25, -0.2) is 4.98 Å². The molecular formula is C20H18F3N3O.